The molecule has 24 heavy (non-hydrogen) atoms. The molecule has 0 spiro atoms. The fraction of sp³-hybridized carbons (Fsp3) is 0.421. The van der Waals surface area contributed by atoms with E-state index in [2.05, 4.69) is 55.1 Å². The van der Waals surface area contributed by atoms with Crippen molar-refractivity contribution < 1.29 is 4.79 Å². The molecule has 0 fully saturated rings. The lowest BCUT2D eigenvalue weighted by Crippen LogP contribution is -2.33. The number of benzene rings is 1. The van der Waals surface area contributed by atoms with Crippen LogP contribution in [0.1, 0.15) is 48.3 Å². The predicted molar refractivity (Wildman–Crippen MR) is 97.7 cm³/mol. The number of hydrogen-bond donors (Lipinski definition) is 1. The SMILES string of the molecule is CCCN(CCC)C(=O)c1cc(Nc2ccc(C)c(C)c2)ncn1. The number of nitrogens with one attached hydrogen (secondary N) is 1. The molecule has 0 saturated heterocycles. The first kappa shape index (κ1) is 17.9. The summed E-state index contributed by atoms with van der Waals surface area (Å²) < 4.78 is 0. The minimum Gasteiger partial charge on any atom is -0.340 e. The van der Waals surface area contributed by atoms with Crippen molar-refractivity contribution in [1.29, 1.82) is 0 Å². The second-order valence-corrected chi connectivity index (χ2v) is 6.00. The third kappa shape index (κ3) is 4.54. The van der Waals surface area contributed by atoms with E-state index in [0.717, 1.165) is 31.6 Å². The molecule has 5 nitrogen and oxygen atoms in total. The normalized spacial score (nSPS) is 10.5. The minimum absolute atomic E-state index is 0.0377. The van der Waals surface area contributed by atoms with Gasteiger partial charge in [0.25, 0.3) is 5.91 Å². The number of rotatable bonds is 7. The Morgan fingerprint density at radius 3 is 2.38 bits per heavy atom. The summed E-state index contributed by atoms with van der Waals surface area (Å²) in [6.45, 7) is 9.79. The van der Waals surface area contributed by atoms with E-state index in [1.807, 2.05) is 11.0 Å². The van der Waals surface area contributed by atoms with E-state index >= 15 is 0 Å². The smallest absolute Gasteiger partial charge is 0.272 e. The van der Waals surface area contributed by atoms with E-state index in [-0.39, 0.29) is 5.91 Å². The van der Waals surface area contributed by atoms with Crippen LogP contribution in [0.15, 0.2) is 30.6 Å². The van der Waals surface area contributed by atoms with Crippen molar-refractivity contribution >= 4 is 17.4 Å². The van der Waals surface area contributed by atoms with Gasteiger partial charge in [-0.25, -0.2) is 9.97 Å². The van der Waals surface area contributed by atoms with Crippen LogP contribution < -0.4 is 5.32 Å². The number of anilines is 2. The first-order valence-corrected chi connectivity index (χ1v) is 8.50. The highest BCUT2D eigenvalue weighted by Gasteiger charge is 2.16. The van der Waals surface area contributed by atoms with E-state index in [1.54, 1.807) is 6.07 Å². The van der Waals surface area contributed by atoms with Crippen LogP contribution in [0.3, 0.4) is 0 Å². The highest BCUT2D eigenvalue weighted by Crippen LogP contribution is 2.18. The summed E-state index contributed by atoms with van der Waals surface area (Å²) in [5, 5.41) is 3.25. The number of amides is 1. The molecule has 1 heterocycles. The average molecular weight is 326 g/mol. The molecule has 5 heteroatoms. The highest BCUT2D eigenvalue weighted by atomic mass is 16.2. The third-order valence-corrected chi connectivity index (χ3v) is 3.94. The van der Waals surface area contributed by atoms with Crippen molar-refractivity contribution in [1.82, 2.24) is 14.9 Å². The maximum absolute atomic E-state index is 12.6. The summed E-state index contributed by atoms with van der Waals surface area (Å²) >= 11 is 0. The summed E-state index contributed by atoms with van der Waals surface area (Å²) in [6, 6.07) is 7.86. The van der Waals surface area contributed by atoms with Crippen LogP contribution in [0.25, 0.3) is 0 Å². The van der Waals surface area contributed by atoms with Crippen LogP contribution in [0.4, 0.5) is 11.5 Å². The molecule has 128 valence electrons. The van der Waals surface area contributed by atoms with Crippen molar-refractivity contribution in [2.45, 2.75) is 40.5 Å². The van der Waals surface area contributed by atoms with Gasteiger partial charge in [-0.05, 0) is 49.9 Å². The Morgan fingerprint density at radius 2 is 1.75 bits per heavy atom. The summed E-state index contributed by atoms with van der Waals surface area (Å²) in [5.74, 6) is 0.591. The van der Waals surface area contributed by atoms with Gasteiger partial charge in [-0.1, -0.05) is 19.9 Å². The molecule has 1 N–H and O–H groups in total. The Bertz CT molecular complexity index is 694. The van der Waals surface area contributed by atoms with Gasteiger partial charge in [0.05, 0.1) is 0 Å². The number of aryl methyl sites for hydroxylation is 2. The van der Waals surface area contributed by atoms with Gasteiger partial charge in [0.1, 0.15) is 17.8 Å². The van der Waals surface area contributed by atoms with E-state index in [0.29, 0.717) is 11.5 Å². The van der Waals surface area contributed by atoms with Gasteiger partial charge in [0.15, 0.2) is 0 Å². The molecular weight excluding hydrogens is 300 g/mol. The second kappa shape index (κ2) is 8.43. The molecule has 0 aliphatic carbocycles. The molecule has 0 bridgehead atoms. The first-order valence-electron chi connectivity index (χ1n) is 8.50. The Balaban J connectivity index is 2.18. The average Bonchev–Trinajstić information content (AvgIpc) is 2.58. The van der Waals surface area contributed by atoms with Crippen molar-refractivity contribution in [3.63, 3.8) is 0 Å². The van der Waals surface area contributed by atoms with Crippen molar-refractivity contribution in [3.8, 4) is 0 Å². The highest BCUT2D eigenvalue weighted by molar-refractivity contribution is 5.93. The monoisotopic (exact) mass is 326 g/mol. The lowest BCUT2D eigenvalue weighted by molar-refractivity contribution is 0.0749. The van der Waals surface area contributed by atoms with Crippen molar-refractivity contribution in [2.24, 2.45) is 0 Å². The van der Waals surface area contributed by atoms with Crippen LogP contribution in [0.5, 0.6) is 0 Å². The van der Waals surface area contributed by atoms with Crippen LogP contribution in [0.2, 0.25) is 0 Å². The van der Waals surface area contributed by atoms with Gasteiger partial charge in [0, 0.05) is 24.8 Å². The zero-order valence-corrected chi connectivity index (χ0v) is 15.0. The molecule has 1 aromatic heterocycles. The van der Waals surface area contributed by atoms with E-state index in [1.165, 1.54) is 17.5 Å². The Labute approximate surface area is 144 Å². The lowest BCUT2D eigenvalue weighted by Gasteiger charge is -2.21. The second-order valence-electron chi connectivity index (χ2n) is 6.00. The Hall–Kier alpha value is -2.43. The first-order chi connectivity index (χ1) is 11.5. The number of carbonyl (C=O) groups excluding carboxylic acids is 1. The summed E-state index contributed by atoms with van der Waals surface area (Å²) in [4.78, 5) is 22.9. The van der Waals surface area contributed by atoms with Crippen LogP contribution in [-0.2, 0) is 0 Å². The molecule has 0 saturated carbocycles. The molecule has 1 amide bonds. The predicted octanol–water partition coefficient (Wildman–Crippen LogP) is 4.10. The molecule has 0 aliphatic rings. The van der Waals surface area contributed by atoms with Gasteiger partial charge >= 0.3 is 0 Å². The largest absolute Gasteiger partial charge is 0.340 e. The summed E-state index contributed by atoms with van der Waals surface area (Å²) in [5.41, 5.74) is 3.84. The molecule has 0 unspecified atom stereocenters. The van der Waals surface area contributed by atoms with Gasteiger partial charge < -0.3 is 10.2 Å². The number of nitrogens with zero attached hydrogens (tertiary/aromatic N) is 3. The molecule has 2 rings (SSSR count). The number of aromatic nitrogens is 2. The third-order valence-electron chi connectivity index (χ3n) is 3.94. The van der Waals surface area contributed by atoms with Gasteiger partial charge in [-0.15, -0.1) is 0 Å². The molecule has 2 aromatic rings. The zero-order valence-electron chi connectivity index (χ0n) is 15.0. The number of hydrogen-bond acceptors (Lipinski definition) is 4. The zero-order chi connectivity index (χ0) is 17.5. The van der Waals surface area contributed by atoms with Gasteiger partial charge in [0.2, 0.25) is 0 Å². The minimum atomic E-state index is -0.0377. The fourth-order valence-electron chi connectivity index (χ4n) is 2.53. The quantitative estimate of drug-likeness (QED) is 0.832. The number of carbonyl (C=O) groups is 1. The summed E-state index contributed by atoms with van der Waals surface area (Å²) in [7, 11) is 0. The van der Waals surface area contributed by atoms with Crippen LogP contribution in [-0.4, -0.2) is 33.9 Å². The van der Waals surface area contributed by atoms with Crippen molar-refractivity contribution in [3.05, 3.63) is 47.4 Å². The van der Waals surface area contributed by atoms with E-state index < -0.39 is 0 Å². The summed E-state index contributed by atoms with van der Waals surface area (Å²) in [6.07, 6.45) is 3.31. The van der Waals surface area contributed by atoms with Crippen molar-refractivity contribution in [2.75, 3.05) is 18.4 Å². The molecule has 0 aliphatic heterocycles. The molecule has 0 radical (unpaired) electrons. The molecule has 1 aromatic carbocycles. The molecule has 0 atom stereocenters. The van der Waals surface area contributed by atoms with E-state index in [9.17, 15) is 4.79 Å². The van der Waals surface area contributed by atoms with Crippen LogP contribution in [0, 0.1) is 13.8 Å². The van der Waals surface area contributed by atoms with E-state index in [4.69, 9.17) is 0 Å². The van der Waals surface area contributed by atoms with Gasteiger partial charge in [-0.2, -0.15) is 0 Å². The Morgan fingerprint density at radius 1 is 1.04 bits per heavy atom. The molecular formula is C19H26N4O. The fourth-order valence-corrected chi connectivity index (χ4v) is 2.53. The maximum Gasteiger partial charge on any atom is 0.272 e. The van der Waals surface area contributed by atoms with Gasteiger partial charge in [-0.3, -0.25) is 4.79 Å². The van der Waals surface area contributed by atoms with Crippen LogP contribution >= 0.6 is 0 Å². The lowest BCUT2D eigenvalue weighted by atomic mass is 10.1. The maximum atomic E-state index is 12.6. The topological polar surface area (TPSA) is 58.1 Å². The Kier molecular flexibility index (Phi) is 6.29. The standard InChI is InChI=1S/C19H26N4O/c1-5-9-23(10-6-2)19(24)17-12-18(21-13-20-17)22-16-8-7-14(3)15(4)11-16/h7-8,11-13H,5-6,9-10H2,1-4H3,(H,20,21,22).